The number of hydrazone groups is 1. The van der Waals surface area contributed by atoms with Crippen LogP contribution in [0, 0.1) is 0 Å². The predicted octanol–water partition coefficient (Wildman–Crippen LogP) is 6.49. The van der Waals surface area contributed by atoms with Crippen molar-refractivity contribution in [3.05, 3.63) is 87.8 Å². The summed E-state index contributed by atoms with van der Waals surface area (Å²) in [6, 6.07) is 21.1. The van der Waals surface area contributed by atoms with Gasteiger partial charge in [0.25, 0.3) is 0 Å². The molecule has 0 saturated heterocycles. The van der Waals surface area contributed by atoms with E-state index in [0.717, 1.165) is 40.6 Å². The lowest BCUT2D eigenvalue weighted by Crippen LogP contribution is -2.40. The first-order valence-electron chi connectivity index (χ1n) is 12.8. The lowest BCUT2D eigenvalue weighted by Gasteiger charge is -2.35. The molecule has 0 radical (unpaired) electrons. The van der Waals surface area contributed by atoms with Crippen LogP contribution in [0.5, 0.6) is 0 Å². The molecule has 0 saturated carbocycles. The van der Waals surface area contributed by atoms with Crippen molar-refractivity contribution < 1.29 is 4.74 Å². The molecule has 0 fully saturated rings. The zero-order valence-corrected chi connectivity index (χ0v) is 23.7. The molecule has 10 heteroatoms. The van der Waals surface area contributed by atoms with Crippen LogP contribution < -0.4 is 10.3 Å². The third-order valence-electron chi connectivity index (χ3n) is 7.44. The number of benzene rings is 2. The summed E-state index contributed by atoms with van der Waals surface area (Å²) in [7, 11) is 0. The van der Waals surface area contributed by atoms with Crippen molar-refractivity contribution in [3.8, 4) is 5.00 Å². The Hall–Kier alpha value is -2.79. The molecule has 7 nitrogen and oxygen atoms in total. The number of thiophene rings is 1. The summed E-state index contributed by atoms with van der Waals surface area (Å²) in [5, 5.41) is 17.3. The molecule has 4 aromatic rings. The summed E-state index contributed by atoms with van der Waals surface area (Å²) in [5.41, 5.74) is 8.53. The van der Waals surface area contributed by atoms with Crippen molar-refractivity contribution in [2.45, 2.75) is 61.7 Å². The van der Waals surface area contributed by atoms with Gasteiger partial charge in [-0.25, -0.2) is 4.57 Å². The van der Waals surface area contributed by atoms with Gasteiger partial charge in [-0.3, -0.25) is 10.3 Å². The topological polar surface area (TPSA) is 67.6 Å². The first kappa shape index (κ1) is 24.3. The van der Waals surface area contributed by atoms with Crippen LogP contribution in [0.25, 0.3) is 5.00 Å². The van der Waals surface area contributed by atoms with E-state index in [-0.39, 0.29) is 11.8 Å². The van der Waals surface area contributed by atoms with Crippen molar-refractivity contribution in [1.29, 1.82) is 0 Å². The van der Waals surface area contributed by atoms with E-state index in [9.17, 15) is 0 Å². The summed E-state index contributed by atoms with van der Waals surface area (Å²) < 4.78 is 8.59. The fraction of sp³-hybridized carbons (Fsp3) is 0.321. The van der Waals surface area contributed by atoms with E-state index in [0.29, 0.717) is 6.61 Å². The van der Waals surface area contributed by atoms with Crippen LogP contribution in [0.1, 0.15) is 53.6 Å². The minimum atomic E-state index is -0.157. The summed E-state index contributed by atoms with van der Waals surface area (Å²) in [5.74, 6) is 2.49. The molecule has 2 aromatic heterocycles. The van der Waals surface area contributed by atoms with Crippen molar-refractivity contribution in [1.82, 2.24) is 20.2 Å². The van der Waals surface area contributed by atoms with Gasteiger partial charge in [-0.05, 0) is 30.0 Å². The van der Waals surface area contributed by atoms with Crippen molar-refractivity contribution in [2.75, 3.05) is 4.90 Å². The maximum atomic E-state index is 6.34. The molecule has 7 rings (SSSR count). The number of nitrogens with one attached hydrogen (secondary N) is 1. The monoisotopic (exact) mass is 560 g/mol. The van der Waals surface area contributed by atoms with Crippen LogP contribution in [0.15, 0.2) is 70.9 Å². The molecule has 38 heavy (non-hydrogen) atoms. The Morgan fingerprint density at radius 3 is 2.45 bits per heavy atom. The Kier molecular flexibility index (Phi) is 6.23. The van der Waals surface area contributed by atoms with Crippen LogP contribution in [0.4, 0.5) is 5.95 Å². The first-order chi connectivity index (χ1) is 18.6. The molecule has 3 aliphatic rings. The predicted molar refractivity (Wildman–Crippen MR) is 156 cm³/mol. The Morgan fingerprint density at radius 1 is 1.03 bits per heavy atom. The average molecular weight is 561 g/mol. The highest BCUT2D eigenvalue weighted by Gasteiger charge is 2.46. The lowest BCUT2D eigenvalue weighted by atomic mass is 9.88. The number of hydrogen-bond donors (Lipinski definition) is 1. The maximum absolute atomic E-state index is 6.34. The standard InChI is InChI=1S/C28H28N6OS3/c1-3-28(2)14-20-21(15-35-28)38-24-22(20)23-29-31-26(36-16-18-10-6-4-7-11-18)33(23)25-30-32-27(34(24)25)37-17-19-12-8-5-9-13-19/h4-13,23,29H,3,14-17H2,1-2H3/t23?,28-/m1/s1. The molecular weight excluding hydrogens is 533 g/mol. The van der Waals surface area contributed by atoms with E-state index >= 15 is 0 Å². The van der Waals surface area contributed by atoms with Crippen LogP contribution in [0.2, 0.25) is 0 Å². The normalized spacial score (nSPS) is 21.3. The van der Waals surface area contributed by atoms with Gasteiger partial charge in [0.05, 0.1) is 12.2 Å². The second-order valence-electron chi connectivity index (χ2n) is 9.95. The zero-order chi connectivity index (χ0) is 25.7. The fourth-order valence-electron chi connectivity index (χ4n) is 5.13. The van der Waals surface area contributed by atoms with E-state index in [1.165, 1.54) is 32.1 Å². The number of rotatable bonds is 6. The minimum Gasteiger partial charge on any atom is -0.369 e. The first-order valence-corrected chi connectivity index (χ1v) is 15.6. The maximum Gasteiger partial charge on any atom is 0.241 e. The van der Waals surface area contributed by atoms with Gasteiger partial charge >= 0.3 is 0 Å². The van der Waals surface area contributed by atoms with Gasteiger partial charge in [0.1, 0.15) is 5.00 Å². The number of thioether (sulfide) groups is 2. The van der Waals surface area contributed by atoms with Crippen molar-refractivity contribution >= 4 is 46.0 Å². The Morgan fingerprint density at radius 2 is 1.74 bits per heavy atom. The Bertz CT molecular complexity index is 1500. The largest absolute Gasteiger partial charge is 0.369 e. The third-order valence-corrected chi connectivity index (χ3v) is 10.7. The molecule has 5 heterocycles. The fourth-order valence-corrected chi connectivity index (χ4v) is 8.27. The van der Waals surface area contributed by atoms with Gasteiger partial charge in [0, 0.05) is 28.4 Å². The molecule has 3 aliphatic heterocycles. The summed E-state index contributed by atoms with van der Waals surface area (Å²) in [6.07, 6.45) is 1.78. The molecular formula is C28H28N6OS3. The van der Waals surface area contributed by atoms with Gasteiger partial charge in [0.2, 0.25) is 5.95 Å². The van der Waals surface area contributed by atoms with E-state index in [1.54, 1.807) is 23.5 Å². The minimum absolute atomic E-state index is 0.0915. The number of amidine groups is 1. The quantitative estimate of drug-likeness (QED) is 0.270. The van der Waals surface area contributed by atoms with Crippen LogP contribution >= 0.6 is 34.9 Å². The van der Waals surface area contributed by atoms with Crippen LogP contribution in [-0.2, 0) is 29.3 Å². The van der Waals surface area contributed by atoms with Gasteiger partial charge in [-0.1, -0.05) is 91.1 Å². The molecule has 0 spiro atoms. The molecule has 2 aromatic carbocycles. The Labute approximate surface area is 234 Å². The van der Waals surface area contributed by atoms with Crippen LogP contribution in [-0.4, -0.2) is 25.5 Å². The van der Waals surface area contributed by atoms with Gasteiger partial charge < -0.3 is 4.74 Å². The number of anilines is 1. The van der Waals surface area contributed by atoms with Gasteiger partial charge in [0.15, 0.2) is 16.5 Å². The number of fused-ring (bicyclic) bond motifs is 8. The van der Waals surface area contributed by atoms with Gasteiger partial charge in [-0.2, -0.15) is 5.10 Å². The molecule has 194 valence electrons. The molecule has 0 amide bonds. The second-order valence-corrected chi connectivity index (χ2v) is 12.9. The van der Waals surface area contributed by atoms with E-state index < -0.39 is 0 Å². The average Bonchev–Trinajstić information content (AvgIpc) is 3.66. The van der Waals surface area contributed by atoms with Crippen molar-refractivity contribution in [3.63, 3.8) is 0 Å². The molecule has 2 atom stereocenters. The molecule has 0 aliphatic carbocycles. The van der Waals surface area contributed by atoms with Crippen molar-refractivity contribution in [2.24, 2.45) is 5.10 Å². The second kappa shape index (κ2) is 9.75. The van der Waals surface area contributed by atoms with E-state index in [4.69, 9.17) is 20.0 Å². The summed E-state index contributed by atoms with van der Waals surface area (Å²) in [4.78, 5) is 3.54. The number of ether oxygens (including phenoxy) is 1. The van der Waals surface area contributed by atoms with Gasteiger partial charge in [-0.15, -0.1) is 21.5 Å². The number of nitrogens with zero attached hydrogens (tertiary/aromatic N) is 5. The summed E-state index contributed by atoms with van der Waals surface area (Å²) >= 11 is 5.27. The molecule has 0 bridgehead atoms. The SMILES string of the molecule is CC[C@]1(C)Cc2c(sc3c2C2NN=C(SCc4ccccc4)N2c2nnc(SCc4ccccc4)n2-3)CO1. The highest BCUT2D eigenvalue weighted by atomic mass is 32.2. The smallest absolute Gasteiger partial charge is 0.241 e. The van der Waals surface area contributed by atoms with E-state index in [2.05, 4.69) is 89.4 Å². The number of hydrogen-bond acceptors (Lipinski definition) is 9. The van der Waals surface area contributed by atoms with E-state index in [1.807, 2.05) is 11.3 Å². The number of aromatic nitrogens is 3. The van der Waals surface area contributed by atoms with Crippen LogP contribution in [0.3, 0.4) is 0 Å². The summed E-state index contributed by atoms with van der Waals surface area (Å²) in [6.45, 7) is 5.08. The zero-order valence-electron chi connectivity index (χ0n) is 21.3. The third kappa shape index (κ3) is 4.14. The highest BCUT2D eigenvalue weighted by molar-refractivity contribution is 8.13. The lowest BCUT2D eigenvalue weighted by molar-refractivity contribution is -0.0549. The molecule has 1 unspecified atom stereocenters. The highest BCUT2D eigenvalue weighted by Crippen LogP contribution is 2.50. The molecule has 1 N–H and O–H groups in total. The Balaban J connectivity index is 1.28.